The lowest BCUT2D eigenvalue weighted by molar-refractivity contribution is 0.586. The summed E-state index contributed by atoms with van der Waals surface area (Å²) in [6.45, 7) is 0. The van der Waals surface area contributed by atoms with Gasteiger partial charge in [0, 0.05) is 20.5 Å². The number of anilines is 1. The summed E-state index contributed by atoms with van der Waals surface area (Å²) in [5.74, 6) is 0. The highest BCUT2D eigenvalue weighted by Gasteiger charge is 2.17. The summed E-state index contributed by atoms with van der Waals surface area (Å²) < 4.78 is 26.3. The molecule has 0 aliphatic carbocycles. The maximum atomic E-state index is 12.0. The minimum absolute atomic E-state index is 0.157. The number of rotatable bonds is 4. The van der Waals surface area contributed by atoms with Crippen LogP contribution in [0, 0.1) is 0 Å². The normalized spacial score (nSPS) is 11.5. The number of nitrogen functional groups attached to an aromatic ring is 1. The molecule has 0 bridgehead atoms. The number of nitrogens with two attached hydrogens (primary N) is 1. The molecule has 0 spiro atoms. The molecule has 2 rings (SSSR count). The van der Waals surface area contributed by atoms with Gasteiger partial charge in [0.2, 0.25) is 10.0 Å². The van der Waals surface area contributed by atoms with Crippen molar-refractivity contribution in [1.29, 1.82) is 0 Å². The van der Waals surface area contributed by atoms with Crippen molar-refractivity contribution in [1.82, 2.24) is 4.72 Å². The first-order valence-corrected chi connectivity index (χ1v) is 8.36. The molecule has 3 N–H and O–H groups in total. The van der Waals surface area contributed by atoms with Gasteiger partial charge in [-0.15, -0.1) is 0 Å². The molecule has 0 unspecified atom stereocenters. The predicted molar refractivity (Wildman–Crippen MR) is 82.7 cm³/mol. The zero-order valence-electron chi connectivity index (χ0n) is 10.6. The third kappa shape index (κ3) is 3.46. The van der Waals surface area contributed by atoms with Crippen molar-refractivity contribution < 1.29 is 8.42 Å². The number of hydrogen-bond donors (Lipinski definition) is 2. The average Bonchev–Trinajstić information content (AvgIpc) is 2.41. The van der Waals surface area contributed by atoms with Crippen molar-refractivity contribution in [2.75, 3.05) is 12.8 Å². The largest absolute Gasteiger partial charge is 0.399 e. The molecule has 4 nitrogen and oxygen atoms in total. The zero-order valence-corrected chi connectivity index (χ0v) is 13.0. The number of hydrogen-bond acceptors (Lipinski definition) is 4. The van der Waals surface area contributed by atoms with Crippen LogP contribution in [0.5, 0.6) is 0 Å². The van der Waals surface area contributed by atoms with E-state index in [1.807, 2.05) is 12.1 Å². The number of nitrogens with one attached hydrogen (secondary N) is 1. The first-order chi connectivity index (χ1) is 9.42. The summed E-state index contributed by atoms with van der Waals surface area (Å²) in [7, 11) is -2.20. The third-order valence-corrected chi connectivity index (χ3v) is 5.43. The lowest BCUT2D eigenvalue weighted by atomic mass is 10.3. The van der Waals surface area contributed by atoms with E-state index in [-0.39, 0.29) is 4.90 Å². The van der Waals surface area contributed by atoms with Crippen molar-refractivity contribution in [3.05, 3.63) is 47.5 Å². The van der Waals surface area contributed by atoms with Crippen LogP contribution < -0.4 is 10.5 Å². The van der Waals surface area contributed by atoms with Gasteiger partial charge in [-0.3, -0.25) is 0 Å². The lowest BCUT2D eigenvalue weighted by Gasteiger charge is -2.10. The first kappa shape index (κ1) is 15.2. The van der Waals surface area contributed by atoms with E-state index in [0.29, 0.717) is 15.6 Å². The van der Waals surface area contributed by atoms with Crippen LogP contribution in [0.1, 0.15) is 0 Å². The highest BCUT2D eigenvalue weighted by atomic mass is 35.5. The molecule has 0 amide bonds. The van der Waals surface area contributed by atoms with Gasteiger partial charge < -0.3 is 5.73 Å². The van der Waals surface area contributed by atoms with Crippen LogP contribution in [0.2, 0.25) is 5.02 Å². The molecule has 20 heavy (non-hydrogen) atoms. The molecule has 2 aromatic carbocycles. The molecular weight excluding hydrogens is 316 g/mol. The van der Waals surface area contributed by atoms with E-state index in [0.717, 1.165) is 4.90 Å². The van der Waals surface area contributed by atoms with E-state index < -0.39 is 10.0 Å². The van der Waals surface area contributed by atoms with Gasteiger partial charge in [0.15, 0.2) is 0 Å². The van der Waals surface area contributed by atoms with Gasteiger partial charge in [-0.05, 0) is 43.4 Å². The molecular formula is C13H13ClN2O2S2. The topological polar surface area (TPSA) is 72.2 Å². The quantitative estimate of drug-likeness (QED) is 0.846. The minimum Gasteiger partial charge on any atom is -0.399 e. The fourth-order valence-electron chi connectivity index (χ4n) is 1.59. The Morgan fingerprint density at radius 2 is 1.95 bits per heavy atom. The molecule has 0 atom stereocenters. The van der Waals surface area contributed by atoms with E-state index in [2.05, 4.69) is 4.72 Å². The van der Waals surface area contributed by atoms with Gasteiger partial charge in [-0.1, -0.05) is 29.4 Å². The second kappa shape index (κ2) is 6.05. The molecule has 0 radical (unpaired) electrons. The first-order valence-electron chi connectivity index (χ1n) is 5.69. The van der Waals surface area contributed by atoms with E-state index >= 15 is 0 Å². The highest BCUT2D eigenvalue weighted by Crippen LogP contribution is 2.34. The SMILES string of the molecule is CNS(=O)(=O)c1cc(N)ccc1Sc1cccc(Cl)c1. The second-order valence-corrected chi connectivity index (χ2v) is 7.38. The molecule has 0 aromatic heterocycles. The predicted octanol–water partition coefficient (Wildman–Crippen LogP) is 2.98. The molecule has 7 heteroatoms. The van der Waals surface area contributed by atoms with Crippen molar-refractivity contribution in [3.63, 3.8) is 0 Å². The summed E-state index contributed by atoms with van der Waals surface area (Å²) in [6, 6.07) is 12.0. The van der Waals surface area contributed by atoms with Gasteiger partial charge >= 0.3 is 0 Å². The van der Waals surface area contributed by atoms with Crippen LogP contribution >= 0.6 is 23.4 Å². The standard InChI is InChI=1S/C13H13ClN2O2S2/c1-16-20(17,18)13-8-10(15)5-6-12(13)19-11-4-2-3-9(14)7-11/h2-8,16H,15H2,1H3. The molecule has 0 aliphatic heterocycles. The Kier molecular flexibility index (Phi) is 4.59. The van der Waals surface area contributed by atoms with E-state index in [4.69, 9.17) is 17.3 Å². The monoisotopic (exact) mass is 328 g/mol. The molecule has 0 heterocycles. The molecule has 2 aromatic rings. The van der Waals surface area contributed by atoms with Crippen LogP contribution in [-0.2, 0) is 10.0 Å². The van der Waals surface area contributed by atoms with Gasteiger partial charge in [0.05, 0.1) is 4.90 Å². The summed E-state index contributed by atoms with van der Waals surface area (Å²) in [5.41, 5.74) is 6.07. The van der Waals surface area contributed by atoms with Crippen LogP contribution in [0.25, 0.3) is 0 Å². The highest BCUT2D eigenvalue weighted by molar-refractivity contribution is 8.00. The van der Waals surface area contributed by atoms with Crippen molar-refractivity contribution in [2.24, 2.45) is 0 Å². The Labute approximate surface area is 127 Å². The summed E-state index contributed by atoms with van der Waals surface area (Å²) >= 11 is 7.25. The van der Waals surface area contributed by atoms with Crippen molar-refractivity contribution in [2.45, 2.75) is 14.7 Å². The fraction of sp³-hybridized carbons (Fsp3) is 0.0769. The number of benzene rings is 2. The maximum Gasteiger partial charge on any atom is 0.241 e. The molecule has 0 saturated heterocycles. The number of sulfonamides is 1. The molecule has 0 saturated carbocycles. The molecule has 0 fully saturated rings. The Hall–Kier alpha value is -1.21. The van der Waals surface area contributed by atoms with Gasteiger partial charge in [0.25, 0.3) is 0 Å². The Morgan fingerprint density at radius 1 is 1.20 bits per heavy atom. The Morgan fingerprint density at radius 3 is 2.60 bits per heavy atom. The van der Waals surface area contributed by atoms with Crippen molar-refractivity contribution in [3.8, 4) is 0 Å². The van der Waals surface area contributed by atoms with Gasteiger partial charge in [-0.2, -0.15) is 0 Å². The average molecular weight is 329 g/mol. The summed E-state index contributed by atoms with van der Waals surface area (Å²) in [5, 5.41) is 0.600. The summed E-state index contributed by atoms with van der Waals surface area (Å²) in [4.78, 5) is 1.61. The zero-order chi connectivity index (χ0) is 14.8. The lowest BCUT2D eigenvalue weighted by Crippen LogP contribution is -2.19. The second-order valence-electron chi connectivity index (χ2n) is 3.97. The minimum atomic E-state index is -3.57. The fourth-order valence-corrected chi connectivity index (χ4v) is 4.02. The van der Waals surface area contributed by atoms with Crippen LogP contribution in [0.3, 0.4) is 0 Å². The Balaban J connectivity index is 2.47. The van der Waals surface area contributed by atoms with Crippen LogP contribution in [-0.4, -0.2) is 15.5 Å². The van der Waals surface area contributed by atoms with Gasteiger partial charge in [0.1, 0.15) is 0 Å². The van der Waals surface area contributed by atoms with Crippen LogP contribution in [0.4, 0.5) is 5.69 Å². The van der Waals surface area contributed by atoms with E-state index in [1.54, 1.807) is 24.3 Å². The number of halogens is 1. The maximum absolute atomic E-state index is 12.0. The van der Waals surface area contributed by atoms with Crippen molar-refractivity contribution >= 4 is 39.1 Å². The molecule has 0 aliphatic rings. The molecule has 106 valence electrons. The van der Waals surface area contributed by atoms with E-state index in [1.165, 1.54) is 24.9 Å². The van der Waals surface area contributed by atoms with E-state index in [9.17, 15) is 8.42 Å². The third-order valence-electron chi connectivity index (χ3n) is 2.55. The van der Waals surface area contributed by atoms with Crippen LogP contribution in [0.15, 0.2) is 57.2 Å². The summed E-state index contributed by atoms with van der Waals surface area (Å²) in [6.07, 6.45) is 0. The smallest absolute Gasteiger partial charge is 0.241 e. The Bertz CT molecular complexity index is 733. The van der Waals surface area contributed by atoms with Gasteiger partial charge in [-0.25, -0.2) is 13.1 Å².